The first kappa shape index (κ1) is 24.6. The Hall–Kier alpha value is -3.09. The van der Waals surface area contributed by atoms with Crippen LogP contribution in [0.3, 0.4) is 0 Å². The molecule has 5 rings (SSSR count). The Kier molecular flexibility index (Phi) is 7.44. The number of alkyl halides is 3. The summed E-state index contributed by atoms with van der Waals surface area (Å²) in [6.45, 7) is 0. The molecule has 2 aliphatic rings. The Morgan fingerprint density at radius 1 is 0.722 bits per heavy atom. The van der Waals surface area contributed by atoms with Crippen molar-refractivity contribution in [2.45, 2.75) is 82.2 Å². The van der Waals surface area contributed by atoms with Crippen molar-refractivity contribution >= 4 is 23.1 Å². The number of halogens is 3. The van der Waals surface area contributed by atoms with Crippen molar-refractivity contribution in [3.63, 3.8) is 0 Å². The largest absolute Gasteiger partial charge is 0.421 e. The predicted octanol–water partition coefficient (Wildman–Crippen LogP) is 9.08. The lowest BCUT2D eigenvalue weighted by atomic mass is 9.83. The quantitative estimate of drug-likeness (QED) is 0.359. The molecular formula is C29H33F3N4. The summed E-state index contributed by atoms with van der Waals surface area (Å²) in [6.07, 6.45) is 8.18. The average Bonchev–Trinajstić information content (AvgIpc) is 2.90. The third-order valence-corrected chi connectivity index (χ3v) is 7.60. The minimum absolute atomic E-state index is 0.131. The number of rotatable bonds is 6. The fourth-order valence-corrected chi connectivity index (χ4v) is 5.66. The van der Waals surface area contributed by atoms with E-state index in [4.69, 9.17) is 0 Å². The molecule has 4 nitrogen and oxygen atoms in total. The summed E-state index contributed by atoms with van der Waals surface area (Å²) in [4.78, 5) is 8.26. The van der Waals surface area contributed by atoms with Crippen LogP contribution in [0.15, 0.2) is 54.7 Å². The van der Waals surface area contributed by atoms with Crippen molar-refractivity contribution in [3.05, 3.63) is 71.4 Å². The Morgan fingerprint density at radius 3 is 2.03 bits per heavy atom. The van der Waals surface area contributed by atoms with E-state index in [9.17, 15) is 13.2 Å². The minimum atomic E-state index is -4.57. The van der Waals surface area contributed by atoms with Gasteiger partial charge in [-0.25, -0.2) is 4.98 Å². The molecule has 3 aromatic rings. The van der Waals surface area contributed by atoms with Gasteiger partial charge < -0.3 is 10.6 Å². The van der Waals surface area contributed by atoms with Crippen molar-refractivity contribution in [3.8, 4) is 0 Å². The standard InChI is InChI=1S/C29H33F3N4/c30-29(31,32)25-19-33-28(34-23-17-15-21(16-18-23)20-9-3-1-4-10-20)36-27(25)35-26-14-8-7-13-24(26)22-11-5-2-6-12-22/h7-8,13-20,22H,1-6,9-12H2,(H2,33,34,35,36). The third-order valence-electron chi connectivity index (χ3n) is 7.60. The molecule has 2 fully saturated rings. The summed E-state index contributed by atoms with van der Waals surface area (Å²) in [5.41, 5.74) is 2.92. The van der Waals surface area contributed by atoms with E-state index in [1.54, 1.807) is 0 Å². The van der Waals surface area contributed by atoms with Crippen LogP contribution in [0.25, 0.3) is 0 Å². The molecule has 2 saturated carbocycles. The van der Waals surface area contributed by atoms with Gasteiger partial charge in [-0.2, -0.15) is 18.2 Å². The van der Waals surface area contributed by atoms with E-state index >= 15 is 0 Å². The van der Waals surface area contributed by atoms with Crippen LogP contribution < -0.4 is 10.6 Å². The van der Waals surface area contributed by atoms with Gasteiger partial charge in [0.25, 0.3) is 0 Å². The second-order valence-corrected chi connectivity index (χ2v) is 10.1. The predicted molar refractivity (Wildman–Crippen MR) is 138 cm³/mol. The Balaban J connectivity index is 1.39. The number of nitrogens with one attached hydrogen (secondary N) is 2. The number of nitrogens with zero attached hydrogens (tertiary/aromatic N) is 2. The first-order valence-electron chi connectivity index (χ1n) is 13.1. The monoisotopic (exact) mass is 494 g/mol. The summed E-state index contributed by atoms with van der Waals surface area (Å²) in [7, 11) is 0. The fraction of sp³-hybridized carbons (Fsp3) is 0.448. The zero-order valence-corrected chi connectivity index (χ0v) is 20.5. The second kappa shape index (κ2) is 10.9. The molecule has 0 atom stereocenters. The van der Waals surface area contributed by atoms with E-state index in [2.05, 4.69) is 32.7 Å². The molecular weight excluding hydrogens is 461 g/mol. The van der Waals surface area contributed by atoms with E-state index in [1.165, 1.54) is 44.1 Å². The van der Waals surface area contributed by atoms with Crippen LogP contribution in [0.4, 0.5) is 36.3 Å². The minimum Gasteiger partial charge on any atom is -0.339 e. The van der Waals surface area contributed by atoms with Gasteiger partial charge in [-0.15, -0.1) is 0 Å². The van der Waals surface area contributed by atoms with Gasteiger partial charge in [0.05, 0.1) is 0 Å². The summed E-state index contributed by atoms with van der Waals surface area (Å²) in [5, 5.41) is 6.10. The highest BCUT2D eigenvalue weighted by atomic mass is 19.4. The van der Waals surface area contributed by atoms with Gasteiger partial charge in [-0.1, -0.05) is 68.9 Å². The molecule has 2 aliphatic carbocycles. The Morgan fingerprint density at radius 2 is 1.36 bits per heavy atom. The van der Waals surface area contributed by atoms with Crippen molar-refractivity contribution in [2.24, 2.45) is 0 Å². The number of para-hydroxylation sites is 1. The van der Waals surface area contributed by atoms with Crippen LogP contribution in [0.2, 0.25) is 0 Å². The zero-order chi connectivity index (χ0) is 25.0. The summed E-state index contributed by atoms with van der Waals surface area (Å²) in [6, 6.07) is 15.7. The molecule has 0 spiro atoms. The number of aromatic nitrogens is 2. The smallest absolute Gasteiger partial charge is 0.339 e. The fourth-order valence-electron chi connectivity index (χ4n) is 5.66. The molecule has 1 heterocycles. The number of hydrogen-bond donors (Lipinski definition) is 2. The van der Waals surface area contributed by atoms with Crippen LogP contribution in [-0.4, -0.2) is 9.97 Å². The van der Waals surface area contributed by atoms with Gasteiger partial charge in [0, 0.05) is 17.6 Å². The van der Waals surface area contributed by atoms with Crippen LogP contribution in [-0.2, 0) is 6.18 Å². The molecule has 0 aliphatic heterocycles. The number of anilines is 4. The maximum Gasteiger partial charge on any atom is 0.421 e. The van der Waals surface area contributed by atoms with E-state index < -0.39 is 11.7 Å². The van der Waals surface area contributed by atoms with E-state index in [1.807, 2.05) is 36.4 Å². The first-order chi connectivity index (χ1) is 17.5. The van der Waals surface area contributed by atoms with Crippen LogP contribution in [0, 0.1) is 0 Å². The molecule has 2 aromatic carbocycles. The summed E-state index contributed by atoms with van der Waals surface area (Å²) >= 11 is 0. The first-order valence-corrected chi connectivity index (χ1v) is 13.1. The van der Waals surface area contributed by atoms with Gasteiger partial charge in [-0.3, -0.25) is 0 Å². The molecule has 0 saturated heterocycles. The highest BCUT2D eigenvalue weighted by Gasteiger charge is 2.35. The normalized spacial score (nSPS) is 17.6. The van der Waals surface area contributed by atoms with Crippen molar-refractivity contribution in [1.29, 1.82) is 0 Å². The van der Waals surface area contributed by atoms with Crippen molar-refractivity contribution in [2.75, 3.05) is 10.6 Å². The second-order valence-electron chi connectivity index (χ2n) is 10.1. The summed E-state index contributed by atoms with van der Waals surface area (Å²) < 4.78 is 41.5. The lowest BCUT2D eigenvalue weighted by Gasteiger charge is -2.25. The highest BCUT2D eigenvalue weighted by Crippen LogP contribution is 2.40. The average molecular weight is 495 g/mol. The number of hydrogen-bond acceptors (Lipinski definition) is 4. The van der Waals surface area contributed by atoms with E-state index in [-0.39, 0.29) is 11.8 Å². The molecule has 1 aromatic heterocycles. The molecule has 7 heteroatoms. The highest BCUT2D eigenvalue weighted by molar-refractivity contribution is 5.66. The third kappa shape index (κ3) is 5.82. The van der Waals surface area contributed by atoms with Crippen molar-refractivity contribution in [1.82, 2.24) is 9.97 Å². The summed E-state index contributed by atoms with van der Waals surface area (Å²) in [5.74, 6) is 0.835. The lowest BCUT2D eigenvalue weighted by molar-refractivity contribution is -0.137. The van der Waals surface area contributed by atoms with Crippen LogP contribution >= 0.6 is 0 Å². The van der Waals surface area contributed by atoms with Crippen LogP contribution in [0.5, 0.6) is 0 Å². The molecule has 0 radical (unpaired) electrons. The van der Waals surface area contributed by atoms with Gasteiger partial charge in [0.2, 0.25) is 5.95 Å². The molecule has 0 unspecified atom stereocenters. The maximum absolute atomic E-state index is 13.8. The SMILES string of the molecule is FC(F)(F)c1cnc(Nc2ccc(C3CCCCC3)cc2)nc1Nc1ccccc1C1CCCCC1. The van der Waals surface area contributed by atoms with Gasteiger partial charge in [-0.05, 0) is 66.8 Å². The molecule has 190 valence electrons. The van der Waals surface area contributed by atoms with Crippen LogP contribution in [0.1, 0.15) is 92.7 Å². The molecule has 0 bridgehead atoms. The molecule has 36 heavy (non-hydrogen) atoms. The van der Waals surface area contributed by atoms with Gasteiger partial charge >= 0.3 is 6.18 Å². The topological polar surface area (TPSA) is 49.8 Å². The van der Waals surface area contributed by atoms with E-state index in [0.29, 0.717) is 17.5 Å². The van der Waals surface area contributed by atoms with Crippen molar-refractivity contribution < 1.29 is 13.2 Å². The van der Waals surface area contributed by atoms with Gasteiger partial charge in [0.15, 0.2) is 0 Å². The zero-order valence-electron chi connectivity index (χ0n) is 20.5. The van der Waals surface area contributed by atoms with E-state index in [0.717, 1.165) is 43.1 Å². The Labute approximate surface area is 210 Å². The lowest BCUT2D eigenvalue weighted by Crippen LogP contribution is -2.14. The maximum atomic E-state index is 13.8. The molecule has 0 amide bonds. The Bertz CT molecular complexity index is 1150. The molecule has 2 N–H and O–H groups in total. The number of benzene rings is 2. The van der Waals surface area contributed by atoms with Gasteiger partial charge in [0.1, 0.15) is 11.4 Å².